The predicted molar refractivity (Wildman–Crippen MR) is 56.1 cm³/mol. The van der Waals surface area contributed by atoms with Crippen molar-refractivity contribution < 1.29 is 5.11 Å². The van der Waals surface area contributed by atoms with Gasteiger partial charge in [-0.3, -0.25) is 0 Å². The van der Waals surface area contributed by atoms with E-state index in [-0.39, 0.29) is 12.0 Å². The van der Waals surface area contributed by atoms with Crippen LogP contribution in [-0.4, -0.2) is 10.1 Å². The highest BCUT2D eigenvalue weighted by Gasteiger charge is 2.20. The number of aromatic nitrogens is 1. The van der Waals surface area contributed by atoms with E-state index >= 15 is 0 Å². The van der Waals surface area contributed by atoms with E-state index < -0.39 is 0 Å². The van der Waals surface area contributed by atoms with Crippen molar-refractivity contribution in [2.75, 3.05) is 0 Å². The molecule has 0 radical (unpaired) electrons. The first kappa shape index (κ1) is 10.7. The van der Waals surface area contributed by atoms with Crippen LogP contribution in [0.2, 0.25) is 0 Å². The van der Waals surface area contributed by atoms with E-state index in [2.05, 4.69) is 32.7 Å². The minimum absolute atomic E-state index is 0.0992. The second-order valence-corrected chi connectivity index (χ2v) is 5.23. The summed E-state index contributed by atoms with van der Waals surface area (Å²) in [6.07, 6.45) is 0.905. The number of aliphatic hydroxyl groups excluding tert-OH is 1. The van der Waals surface area contributed by atoms with Crippen molar-refractivity contribution in [3.8, 4) is 0 Å². The van der Waals surface area contributed by atoms with Crippen LogP contribution in [-0.2, 0) is 18.4 Å². The molecule has 0 saturated heterocycles. The van der Waals surface area contributed by atoms with Crippen LogP contribution >= 0.6 is 11.3 Å². The average molecular weight is 199 g/mol. The zero-order valence-corrected chi connectivity index (χ0v) is 9.53. The number of thiazole rings is 1. The van der Waals surface area contributed by atoms with Gasteiger partial charge in [0.25, 0.3) is 0 Å². The Morgan fingerprint density at radius 1 is 1.38 bits per heavy atom. The maximum Gasteiger partial charge on any atom is 0.0985 e. The Labute approximate surface area is 83.6 Å². The lowest BCUT2D eigenvalue weighted by Gasteiger charge is -2.13. The summed E-state index contributed by atoms with van der Waals surface area (Å²) in [4.78, 5) is 5.55. The number of hydrogen-bond acceptors (Lipinski definition) is 3. The summed E-state index contributed by atoms with van der Waals surface area (Å²) in [7, 11) is 0. The molecule has 74 valence electrons. The van der Waals surface area contributed by atoms with Crippen molar-refractivity contribution in [1.82, 2.24) is 4.98 Å². The minimum atomic E-state index is 0.0992. The third-order valence-corrected chi connectivity index (χ3v) is 3.41. The first-order chi connectivity index (χ1) is 5.99. The second kappa shape index (κ2) is 3.76. The molecule has 0 aliphatic rings. The SMILES string of the molecule is CCc1nc(C(C)(C)C)sc1CO. The quantitative estimate of drug-likeness (QED) is 0.794. The van der Waals surface area contributed by atoms with Crippen molar-refractivity contribution in [2.24, 2.45) is 0 Å². The van der Waals surface area contributed by atoms with Crippen LogP contribution < -0.4 is 0 Å². The van der Waals surface area contributed by atoms with Crippen molar-refractivity contribution in [1.29, 1.82) is 0 Å². The Bertz CT molecular complexity index is 264. The van der Waals surface area contributed by atoms with Crippen LogP contribution in [0.5, 0.6) is 0 Å². The number of rotatable bonds is 2. The highest BCUT2D eigenvalue weighted by molar-refractivity contribution is 7.11. The van der Waals surface area contributed by atoms with E-state index in [4.69, 9.17) is 5.11 Å². The summed E-state index contributed by atoms with van der Waals surface area (Å²) in [6.45, 7) is 8.63. The maximum atomic E-state index is 9.10. The fourth-order valence-electron chi connectivity index (χ4n) is 1.10. The van der Waals surface area contributed by atoms with Crippen LogP contribution in [0.3, 0.4) is 0 Å². The van der Waals surface area contributed by atoms with Crippen LogP contribution in [0.1, 0.15) is 43.3 Å². The van der Waals surface area contributed by atoms with E-state index in [1.165, 1.54) is 0 Å². The summed E-state index contributed by atoms with van der Waals surface area (Å²) in [6, 6.07) is 0. The van der Waals surface area contributed by atoms with Crippen molar-refractivity contribution in [2.45, 2.75) is 46.1 Å². The molecular formula is C10H17NOS. The summed E-state index contributed by atoms with van der Waals surface area (Å²) < 4.78 is 0. The molecule has 0 fully saturated rings. The summed E-state index contributed by atoms with van der Waals surface area (Å²) in [5.41, 5.74) is 1.15. The van der Waals surface area contributed by atoms with Crippen molar-refractivity contribution in [3.63, 3.8) is 0 Å². The first-order valence-electron chi connectivity index (χ1n) is 4.59. The van der Waals surface area contributed by atoms with Gasteiger partial charge in [-0.1, -0.05) is 27.7 Å². The van der Waals surface area contributed by atoms with Gasteiger partial charge in [-0.25, -0.2) is 4.98 Å². The second-order valence-electron chi connectivity index (χ2n) is 4.15. The summed E-state index contributed by atoms with van der Waals surface area (Å²) in [5.74, 6) is 0. The van der Waals surface area contributed by atoms with Crippen LogP contribution in [0.15, 0.2) is 0 Å². The molecule has 0 aromatic carbocycles. The molecular weight excluding hydrogens is 182 g/mol. The monoisotopic (exact) mass is 199 g/mol. The van der Waals surface area contributed by atoms with Gasteiger partial charge >= 0.3 is 0 Å². The predicted octanol–water partition coefficient (Wildman–Crippen LogP) is 2.50. The average Bonchev–Trinajstić information content (AvgIpc) is 2.45. The Morgan fingerprint density at radius 3 is 2.31 bits per heavy atom. The van der Waals surface area contributed by atoms with Crippen LogP contribution in [0, 0.1) is 0 Å². The molecule has 1 N–H and O–H groups in total. The molecule has 0 bridgehead atoms. The maximum absolute atomic E-state index is 9.10. The lowest BCUT2D eigenvalue weighted by Crippen LogP contribution is -2.10. The number of aliphatic hydroxyl groups is 1. The molecule has 0 unspecified atom stereocenters. The number of nitrogens with zero attached hydrogens (tertiary/aromatic N) is 1. The van der Waals surface area contributed by atoms with E-state index in [1.807, 2.05) is 0 Å². The van der Waals surface area contributed by atoms with Crippen LogP contribution in [0.4, 0.5) is 0 Å². The van der Waals surface area contributed by atoms with Gasteiger partial charge in [-0.05, 0) is 6.42 Å². The van der Waals surface area contributed by atoms with Crippen LogP contribution in [0.25, 0.3) is 0 Å². The molecule has 13 heavy (non-hydrogen) atoms. The van der Waals surface area contributed by atoms with E-state index in [0.717, 1.165) is 22.0 Å². The Hall–Kier alpha value is -0.410. The Morgan fingerprint density at radius 2 is 2.00 bits per heavy atom. The summed E-state index contributed by atoms with van der Waals surface area (Å²) in [5, 5.41) is 10.2. The Balaban J connectivity index is 3.07. The van der Waals surface area contributed by atoms with Gasteiger partial charge < -0.3 is 5.11 Å². The molecule has 3 heteroatoms. The largest absolute Gasteiger partial charge is 0.391 e. The van der Waals surface area contributed by atoms with Gasteiger partial charge in [0.05, 0.1) is 22.2 Å². The van der Waals surface area contributed by atoms with Gasteiger partial charge in [0.15, 0.2) is 0 Å². The van der Waals surface area contributed by atoms with E-state index in [0.29, 0.717) is 0 Å². The standard InChI is InChI=1S/C10H17NOS/c1-5-7-8(6-12)13-9(11-7)10(2,3)4/h12H,5-6H2,1-4H3. The third kappa shape index (κ3) is 2.29. The third-order valence-electron chi connectivity index (χ3n) is 1.90. The molecule has 1 aromatic rings. The molecule has 2 nitrogen and oxygen atoms in total. The molecule has 0 saturated carbocycles. The van der Waals surface area contributed by atoms with Crippen molar-refractivity contribution in [3.05, 3.63) is 15.6 Å². The van der Waals surface area contributed by atoms with E-state index in [9.17, 15) is 0 Å². The minimum Gasteiger partial charge on any atom is -0.391 e. The highest BCUT2D eigenvalue weighted by Crippen LogP contribution is 2.29. The highest BCUT2D eigenvalue weighted by atomic mass is 32.1. The Kier molecular flexibility index (Phi) is 3.09. The lowest BCUT2D eigenvalue weighted by molar-refractivity contribution is 0.284. The lowest BCUT2D eigenvalue weighted by atomic mass is 9.98. The molecule has 1 aromatic heterocycles. The molecule has 0 amide bonds. The molecule has 0 aliphatic carbocycles. The fourth-order valence-corrected chi connectivity index (χ4v) is 2.17. The number of hydrogen-bond donors (Lipinski definition) is 1. The smallest absolute Gasteiger partial charge is 0.0985 e. The topological polar surface area (TPSA) is 33.1 Å². The van der Waals surface area contributed by atoms with Gasteiger partial charge in [-0.2, -0.15) is 0 Å². The molecule has 0 atom stereocenters. The number of aryl methyl sites for hydroxylation is 1. The zero-order valence-electron chi connectivity index (χ0n) is 8.72. The molecule has 0 spiro atoms. The van der Waals surface area contributed by atoms with E-state index in [1.54, 1.807) is 11.3 Å². The molecule has 1 rings (SSSR count). The van der Waals surface area contributed by atoms with Gasteiger partial charge in [0, 0.05) is 5.41 Å². The fraction of sp³-hybridized carbons (Fsp3) is 0.700. The van der Waals surface area contributed by atoms with Gasteiger partial charge in [-0.15, -0.1) is 11.3 Å². The normalized spacial score (nSPS) is 12.1. The summed E-state index contributed by atoms with van der Waals surface area (Å²) >= 11 is 1.63. The first-order valence-corrected chi connectivity index (χ1v) is 5.40. The van der Waals surface area contributed by atoms with Crippen molar-refractivity contribution >= 4 is 11.3 Å². The van der Waals surface area contributed by atoms with Gasteiger partial charge in [0.2, 0.25) is 0 Å². The van der Waals surface area contributed by atoms with Gasteiger partial charge in [0.1, 0.15) is 0 Å². The zero-order chi connectivity index (χ0) is 10.1. The molecule has 1 heterocycles. The molecule has 0 aliphatic heterocycles.